The van der Waals surface area contributed by atoms with Gasteiger partial charge in [0.25, 0.3) is 0 Å². The number of hydrogen-bond acceptors (Lipinski definition) is 7. The van der Waals surface area contributed by atoms with Gasteiger partial charge in [0.15, 0.2) is 0 Å². The van der Waals surface area contributed by atoms with Crippen molar-refractivity contribution in [3.05, 3.63) is 17.7 Å². The van der Waals surface area contributed by atoms with Crippen molar-refractivity contribution in [2.24, 2.45) is 5.41 Å². The van der Waals surface area contributed by atoms with Crippen LogP contribution in [0.3, 0.4) is 0 Å². The van der Waals surface area contributed by atoms with Crippen LogP contribution in [0.1, 0.15) is 79.7 Å². The number of carbonyl (C=O) groups is 1. The fraction of sp³-hybridized carbons (Fsp3) is 0.781. The Morgan fingerprint density at radius 1 is 0.951 bits per heavy atom. The molecule has 1 aromatic rings. The molecule has 3 heterocycles. The van der Waals surface area contributed by atoms with E-state index in [1.165, 1.54) is 0 Å². The van der Waals surface area contributed by atoms with Crippen molar-refractivity contribution >= 4 is 18.5 Å². The predicted molar refractivity (Wildman–Crippen MR) is 164 cm³/mol. The molecule has 0 bridgehead atoms. The maximum absolute atomic E-state index is 12.4. The van der Waals surface area contributed by atoms with Crippen molar-refractivity contribution in [3.8, 4) is 11.5 Å². The smallest absolute Gasteiger partial charge is 0.410 e. The van der Waals surface area contributed by atoms with E-state index in [4.69, 9.17) is 23.6 Å². The number of carbonyl (C=O) groups excluding carboxylic acids is 1. The molecular formula is C32H53BN2O6. The maximum Gasteiger partial charge on any atom is 0.410 e. The lowest BCUT2D eigenvalue weighted by atomic mass is 9.54. The number of nitrogens with zero attached hydrogens (tertiary/aromatic N) is 2. The van der Waals surface area contributed by atoms with E-state index < -0.39 is 5.60 Å². The highest BCUT2D eigenvalue weighted by Gasteiger charge is 2.50. The van der Waals surface area contributed by atoms with E-state index in [1.807, 2.05) is 25.7 Å². The first kappa shape index (κ1) is 32.0. The molecule has 0 aromatic heterocycles. The largest absolute Gasteiger partial charge is 0.496 e. The lowest BCUT2D eigenvalue weighted by Crippen LogP contribution is -2.45. The van der Waals surface area contributed by atoms with Crippen molar-refractivity contribution < 1.29 is 28.4 Å². The molecule has 1 amide bonds. The Bertz CT molecular complexity index is 998. The van der Waals surface area contributed by atoms with E-state index >= 15 is 0 Å². The van der Waals surface area contributed by atoms with Crippen molar-refractivity contribution in [1.82, 2.24) is 9.80 Å². The third-order valence-electron chi connectivity index (χ3n) is 9.46. The first-order chi connectivity index (χ1) is 19.2. The highest BCUT2D eigenvalue weighted by Crippen LogP contribution is 2.45. The van der Waals surface area contributed by atoms with Gasteiger partial charge in [-0.2, -0.15) is 0 Å². The first-order valence-corrected chi connectivity index (χ1v) is 15.5. The SMILES string of the molecule is COc1cc(B2CC(C)(C)C(C)(C)O2)cc(OC)c1CCN1CCC(OC2CCN(C(=O)OC(C)(C)C)CC2)CC1. The third kappa shape index (κ3) is 7.91. The van der Waals surface area contributed by atoms with Gasteiger partial charge in [0, 0.05) is 38.3 Å². The van der Waals surface area contributed by atoms with Crippen LogP contribution in [0.2, 0.25) is 6.32 Å². The molecule has 1 aromatic carbocycles. The lowest BCUT2D eigenvalue weighted by Gasteiger charge is -2.37. The highest BCUT2D eigenvalue weighted by molar-refractivity contribution is 6.68. The van der Waals surface area contributed by atoms with Gasteiger partial charge in [-0.25, -0.2) is 4.79 Å². The quantitative estimate of drug-likeness (QED) is 0.399. The monoisotopic (exact) mass is 572 g/mol. The summed E-state index contributed by atoms with van der Waals surface area (Å²) in [6.45, 7) is 19.0. The molecule has 9 heteroatoms. The molecule has 3 aliphatic heterocycles. The lowest BCUT2D eigenvalue weighted by molar-refractivity contribution is -0.0661. The number of ether oxygens (including phenoxy) is 4. The van der Waals surface area contributed by atoms with Gasteiger partial charge in [0.1, 0.15) is 17.1 Å². The van der Waals surface area contributed by atoms with Crippen molar-refractivity contribution in [3.63, 3.8) is 0 Å². The van der Waals surface area contributed by atoms with Gasteiger partial charge in [0.05, 0.1) is 32.0 Å². The minimum absolute atomic E-state index is 0.0282. The topological polar surface area (TPSA) is 69.7 Å². The fourth-order valence-corrected chi connectivity index (χ4v) is 6.20. The molecule has 0 saturated carbocycles. The minimum Gasteiger partial charge on any atom is -0.496 e. The molecule has 0 atom stereocenters. The zero-order valence-electron chi connectivity index (χ0n) is 27.0. The average Bonchev–Trinajstić information content (AvgIpc) is 3.13. The second-order valence-electron chi connectivity index (χ2n) is 14.2. The molecule has 0 unspecified atom stereocenters. The van der Waals surface area contributed by atoms with Gasteiger partial charge in [0.2, 0.25) is 0 Å². The highest BCUT2D eigenvalue weighted by atomic mass is 16.6. The van der Waals surface area contributed by atoms with Crippen LogP contribution in [0.4, 0.5) is 4.79 Å². The van der Waals surface area contributed by atoms with Crippen molar-refractivity contribution in [1.29, 1.82) is 0 Å². The van der Waals surface area contributed by atoms with E-state index in [-0.39, 0.29) is 36.2 Å². The number of methoxy groups -OCH3 is 2. The number of piperidine rings is 2. The van der Waals surface area contributed by atoms with Gasteiger partial charge < -0.3 is 33.4 Å². The molecule has 0 N–H and O–H groups in total. The number of hydrogen-bond donors (Lipinski definition) is 0. The molecule has 41 heavy (non-hydrogen) atoms. The summed E-state index contributed by atoms with van der Waals surface area (Å²) in [6, 6.07) is 4.29. The summed E-state index contributed by atoms with van der Waals surface area (Å²) in [5.41, 5.74) is 1.67. The second kappa shape index (κ2) is 12.7. The summed E-state index contributed by atoms with van der Waals surface area (Å²) in [7, 11) is 3.48. The number of amides is 1. The van der Waals surface area contributed by atoms with Crippen LogP contribution in [-0.2, 0) is 20.5 Å². The molecule has 8 nitrogen and oxygen atoms in total. The Balaban J connectivity index is 1.25. The zero-order valence-corrected chi connectivity index (χ0v) is 27.0. The van der Waals surface area contributed by atoms with E-state index in [2.05, 4.69) is 44.7 Å². The van der Waals surface area contributed by atoms with Crippen LogP contribution in [-0.4, -0.2) is 93.2 Å². The Labute approximate surface area is 248 Å². The van der Waals surface area contributed by atoms with E-state index in [1.54, 1.807) is 14.2 Å². The normalized spacial score (nSPS) is 22.2. The maximum atomic E-state index is 12.4. The first-order valence-electron chi connectivity index (χ1n) is 15.5. The Hall–Kier alpha value is -1.97. The standard InChI is InChI=1S/C32H53BN2O6/c1-30(2,3)40-29(36)35-18-12-25(13-19-35)39-24-10-15-34(16-11-24)17-14-26-27(37-8)20-23(21-28(26)38-9)33-22-31(4,5)32(6,7)41-33/h20-21,24-25H,10-19,22H2,1-9H3. The van der Waals surface area contributed by atoms with Crippen LogP contribution in [0, 0.1) is 5.41 Å². The molecule has 3 aliphatic rings. The molecule has 3 fully saturated rings. The molecular weight excluding hydrogens is 519 g/mol. The molecule has 0 aliphatic carbocycles. The molecule has 0 radical (unpaired) electrons. The van der Waals surface area contributed by atoms with Crippen molar-refractivity contribution in [2.75, 3.05) is 46.9 Å². The molecule has 3 saturated heterocycles. The summed E-state index contributed by atoms with van der Waals surface area (Å²) in [4.78, 5) is 16.7. The summed E-state index contributed by atoms with van der Waals surface area (Å²) >= 11 is 0. The number of likely N-dealkylation sites (tertiary alicyclic amines) is 2. The molecule has 4 rings (SSSR count). The predicted octanol–water partition coefficient (Wildman–Crippen LogP) is 5.16. The fourth-order valence-electron chi connectivity index (χ4n) is 6.20. The average molecular weight is 573 g/mol. The summed E-state index contributed by atoms with van der Waals surface area (Å²) in [6.07, 6.45) is 5.92. The zero-order chi connectivity index (χ0) is 30.0. The number of rotatable bonds is 8. The van der Waals surface area contributed by atoms with E-state index in [9.17, 15) is 4.79 Å². The van der Waals surface area contributed by atoms with Gasteiger partial charge in [-0.05, 0) is 96.1 Å². The second-order valence-corrected chi connectivity index (χ2v) is 14.2. The van der Waals surface area contributed by atoms with Gasteiger partial charge in [-0.15, -0.1) is 0 Å². The van der Waals surface area contributed by atoms with Crippen LogP contribution < -0.4 is 14.9 Å². The van der Waals surface area contributed by atoms with Crippen LogP contribution >= 0.6 is 0 Å². The van der Waals surface area contributed by atoms with Crippen LogP contribution in [0.25, 0.3) is 0 Å². The summed E-state index contributed by atoms with van der Waals surface area (Å²) < 4.78 is 30.2. The number of benzene rings is 1. The Morgan fingerprint density at radius 2 is 1.49 bits per heavy atom. The van der Waals surface area contributed by atoms with E-state index in [0.29, 0.717) is 13.1 Å². The van der Waals surface area contributed by atoms with Gasteiger partial charge >= 0.3 is 13.0 Å². The summed E-state index contributed by atoms with van der Waals surface area (Å²) in [5, 5.41) is 0. The Kier molecular flexibility index (Phi) is 9.92. The van der Waals surface area contributed by atoms with Gasteiger partial charge in [-0.3, -0.25) is 0 Å². The van der Waals surface area contributed by atoms with Crippen molar-refractivity contribution in [2.45, 2.75) is 110 Å². The Morgan fingerprint density at radius 3 is 1.95 bits per heavy atom. The third-order valence-corrected chi connectivity index (χ3v) is 9.46. The van der Waals surface area contributed by atoms with Gasteiger partial charge in [-0.1, -0.05) is 13.8 Å². The summed E-state index contributed by atoms with van der Waals surface area (Å²) in [5.74, 6) is 1.75. The molecule has 0 spiro atoms. The molecule has 230 valence electrons. The minimum atomic E-state index is -0.461. The van der Waals surface area contributed by atoms with E-state index in [0.717, 1.165) is 80.6 Å². The van der Waals surface area contributed by atoms with Crippen LogP contribution in [0.15, 0.2) is 12.1 Å². The van der Waals surface area contributed by atoms with Crippen LogP contribution in [0.5, 0.6) is 11.5 Å².